The van der Waals surface area contributed by atoms with E-state index in [0.29, 0.717) is 29.7 Å². The Morgan fingerprint density at radius 3 is 2.65 bits per heavy atom. The first-order valence-corrected chi connectivity index (χ1v) is 6.45. The van der Waals surface area contributed by atoms with E-state index in [1.807, 2.05) is 6.92 Å². The first-order chi connectivity index (χ1) is 9.49. The topological polar surface area (TPSA) is 55.8 Å². The molecule has 0 unspecified atom stereocenters. The summed E-state index contributed by atoms with van der Waals surface area (Å²) in [5.41, 5.74) is 0.852. The minimum absolute atomic E-state index is 0.161. The molecule has 4 heteroatoms. The molecule has 1 fully saturated rings. The Kier molecular flexibility index (Phi) is 4.01. The molecule has 1 saturated carbocycles. The molecule has 0 saturated heterocycles. The van der Waals surface area contributed by atoms with Gasteiger partial charge in [0.15, 0.2) is 0 Å². The number of ether oxygens (including phenoxy) is 2. The van der Waals surface area contributed by atoms with Gasteiger partial charge >= 0.3 is 5.97 Å². The quantitative estimate of drug-likeness (QED) is 0.662. The molecule has 20 heavy (non-hydrogen) atoms. The van der Waals surface area contributed by atoms with Crippen LogP contribution in [0, 0.1) is 17.3 Å². The van der Waals surface area contributed by atoms with E-state index in [0.717, 1.165) is 0 Å². The summed E-state index contributed by atoms with van der Waals surface area (Å²) >= 11 is 0. The van der Waals surface area contributed by atoms with Crippen molar-refractivity contribution in [3.8, 4) is 17.6 Å². The van der Waals surface area contributed by atoms with Gasteiger partial charge in [-0.15, -0.1) is 0 Å². The lowest BCUT2D eigenvalue weighted by molar-refractivity contribution is 0.0150. The van der Waals surface area contributed by atoms with Gasteiger partial charge in [-0.3, -0.25) is 0 Å². The Morgan fingerprint density at radius 1 is 1.40 bits per heavy atom. The molecule has 0 atom stereocenters. The molecule has 1 N–H and O–H groups in total. The number of rotatable bonds is 2. The SMILES string of the molecule is COC(=O)c1cccc(C#CC2(C)CC(O)C2)c1OC. The second-order valence-corrected chi connectivity index (χ2v) is 5.25. The van der Waals surface area contributed by atoms with Crippen molar-refractivity contribution in [1.29, 1.82) is 0 Å². The van der Waals surface area contributed by atoms with Crippen LogP contribution in [0.5, 0.6) is 5.75 Å². The molecule has 0 spiro atoms. The Labute approximate surface area is 118 Å². The van der Waals surface area contributed by atoms with E-state index in [-0.39, 0.29) is 11.5 Å². The molecular weight excluding hydrogens is 256 g/mol. The summed E-state index contributed by atoms with van der Waals surface area (Å²) < 4.78 is 10.0. The van der Waals surface area contributed by atoms with E-state index in [2.05, 4.69) is 11.8 Å². The minimum Gasteiger partial charge on any atom is -0.495 e. The molecular formula is C16H18O4. The van der Waals surface area contributed by atoms with Gasteiger partial charge in [0, 0.05) is 5.41 Å². The zero-order valence-corrected chi connectivity index (χ0v) is 11.9. The van der Waals surface area contributed by atoms with E-state index < -0.39 is 5.97 Å². The molecule has 1 aliphatic rings. The van der Waals surface area contributed by atoms with Crippen molar-refractivity contribution in [3.05, 3.63) is 29.3 Å². The van der Waals surface area contributed by atoms with Crippen molar-refractivity contribution in [2.75, 3.05) is 14.2 Å². The fourth-order valence-electron chi connectivity index (χ4n) is 2.43. The number of carbonyl (C=O) groups is 1. The summed E-state index contributed by atoms with van der Waals surface area (Å²) in [6.07, 6.45) is 1.11. The summed E-state index contributed by atoms with van der Waals surface area (Å²) in [7, 11) is 2.83. The van der Waals surface area contributed by atoms with E-state index >= 15 is 0 Å². The first-order valence-electron chi connectivity index (χ1n) is 6.45. The van der Waals surface area contributed by atoms with Gasteiger partial charge in [0.05, 0.1) is 25.9 Å². The molecule has 0 aliphatic heterocycles. The smallest absolute Gasteiger partial charge is 0.341 e. The number of benzene rings is 1. The van der Waals surface area contributed by atoms with Crippen LogP contribution in [0.1, 0.15) is 35.7 Å². The van der Waals surface area contributed by atoms with E-state index in [1.54, 1.807) is 18.2 Å². The molecule has 1 aromatic carbocycles. The molecule has 0 bridgehead atoms. The van der Waals surface area contributed by atoms with Gasteiger partial charge in [-0.25, -0.2) is 4.79 Å². The largest absolute Gasteiger partial charge is 0.495 e. The highest BCUT2D eigenvalue weighted by Crippen LogP contribution is 2.40. The highest BCUT2D eigenvalue weighted by molar-refractivity contribution is 5.93. The molecule has 0 radical (unpaired) electrons. The van der Waals surface area contributed by atoms with Crippen molar-refractivity contribution >= 4 is 5.97 Å². The molecule has 1 aliphatic carbocycles. The third-order valence-corrected chi connectivity index (χ3v) is 3.50. The third kappa shape index (κ3) is 2.78. The van der Waals surface area contributed by atoms with Crippen LogP contribution in [0.3, 0.4) is 0 Å². The Morgan fingerprint density at radius 2 is 2.10 bits per heavy atom. The lowest BCUT2D eigenvalue weighted by Gasteiger charge is -2.38. The van der Waals surface area contributed by atoms with Crippen molar-refractivity contribution in [1.82, 2.24) is 0 Å². The summed E-state index contributed by atoms with van der Waals surface area (Å²) in [6, 6.07) is 5.19. The highest BCUT2D eigenvalue weighted by atomic mass is 16.5. The average molecular weight is 274 g/mol. The fourth-order valence-corrected chi connectivity index (χ4v) is 2.43. The molecule has 0 heterocycles. The molecule has 0 amide bonds. The van der Waals surface area contributed by atoms with Crippen LogP contribution in [0.2, 0.25) is 0 Å². The van der Waals surface area contributed by atoms with Gasteiger partial charge < -0.3 is 14.6 Å². The zero-order chi connectivity index (χ0) is 14.8. The normalized spacial score (nSPS) is 24.1. The molecule has 106 valence electrons. The van der Waals surface area contributed by atoms with Gasteiger partial charge in [0.2, 0.25) is 0 Å². The van der Waals surface area contributed by atoms with Crippen molar-refractivity contribution in [3.63, 3.8) is 0 Å². The second-order valence-electron chi connectivity index (χ2n) is 5.25. The van der Waals surface area contributed by atoms with Gasteiger partial charge in [0.1, 0.15) is 11.3 Å². The maximum atomic E-state index is 11.7. The number of esters is 1. The van der Waals surface area contributed by atoms with E-state index in [1.165, 1.54) is 14.2 Å². The van der Waals surface area contributed by atoms with Crippen LogP contribution < -0.4 is 4.74 Å². The van der Waals surface area contributed by atoms with Crippen molar-refractivity contribution in [2.24, 2.45) is 5.41 Å². The van der Waals surface area contributed by atoms with Gasteiger partial charge in [-0.05, 0) is 31.9 Å². The summed E-state index contributed by atoms with van der Waals surface area (Å²) in [6.45, 7) is 2.02. The monoisotopic (exact) mass is 274 g/mol. The van der Waals surface area contributed by atoms with Crippen LogP contribution in [0.15, 0.2) is 18.2 Å². The van der Waals surface area contributed by atoms with Crippen molar-refractivity contribution in [2.45, 2.75) is 25.9 Å². The lowest BCUT2D eigenvalue weighted by atomic mass is 9.69. The fraction of sp³-hybridized carbons (Fsp3) is 0.438. The number of methoxy groups -OCH3 is 2. The lowest BCUT2D eigenvalue weighted by Crippen LogP contribution is -2.37. The van der Waals surface area contributed by atoms with Crippen LogP contribution in [-0.4, -0.2) is 31.4 Å². The third-order valence-electron chi connectivity index (χ3n) is 3.50. The maximum Gasteiger partial charge on any atom is 0.341 e. The molecule has 4 nitrogen and oxygen atoms in total. The van der Waals surface area contributed by atoms with E-state index in [4.69, 9.17) is 9.47 Å². The van der Waals surface area contributed by atoms with Crippen LogP contribution in [0.4, 0.5) is 0 Å². The standard InChI is InChI=1S/C16H18O4/c1-16(9-12(17)10-16)8-7-11-5-4-6-13(14(11)19-2)15(18)20-3/h4-6,12,17H,9-10H2,1-3H3. The Bertz CT molecular complexity index is 574. The number of aliphatic hydroxyl groups excluding tert-OH is 1. The summed E-state index contributed by atoms with van der Waals surface area (Å²) in [5.74, 6) is 6.19. The summed E-state index contributed by atoms with van der Waals surface area (Å²) in [5, 5.41) is 9.38. The number of carbonyl (C=O) groups excluding carboxylic acids is 1. The average Bonchev–Trinajstić information content (AvgIpc) is 2.42. The van der Waals surface area contributed by atoms with Crippen LogP contribution in [0.25, 0.3) is 0 Å². The molecule has 2 rings (SSSR count). The van der Waals surface area contributed by atoms with Crippen LogP contribution >= 0.6 is 0 Å². The zero-order valence-electron chi connectivity index (χ0n) is 11.9. The maximum absolute atomic E-state index is 11.7. The van der Waals surface area contributed by atoms with Crippen molar-refractivity contribution < 1.29 is 19.4 Å². The van der Waals surface area contributed by atoms with Gasteiger partial charge in [0.25, 0.3) is 0 Å². The van der Waals surface area contributed by atoms with Crippen LogP contribution in [-0.2, 0) is 4.74 Å². The Balaban J connectivity index is 2.33. The highest BCUT2D eigenvalue weighted by Gasteiger charge is 2.37. The predicted octanol–water partition coefficient (Wildman–Crippen LogP) is 1.99. The number of hydrogen-bond donors (Lipinski definition) is 1. The minimum atomic E-state index is -0.448. The van der Waals surface area contributed by atoms with Gasteiger partial charge in [-0.1, -0.05) is 17.9 Å². The molecule has 0 aromatic heterocycles. The number of aliphatic hydroxyl groups is 1. The summed E-state index contributed by atoms with van der Waals surface area (Å²) in [4.78, 5) is 11.7. The van der Waals surface area contributed by atoms with E-state index in [9.17, 15) is 9.90 Å². The Hall–Kier alpha value is -1.99. The number of para-hydroxylation sites is 1. The first kappa shape index (κ1) is 14.4. The second kappa shape index (κ2) is 5.56. The molecule has 1 aromatic rings. The predicted molar refractivity (Wildman–Crippen MR) is 74.6 cm³/mol. The number of hydrogen-bond acceptors (Lipinski definition) is 4. The van der Waals surface area contributed by atoms with Gasteiger partial charge in [-0.2, -0.15) is 0 Å².